The van der Waals surface area contributed by atoms with Crippen LogP contribution in [0.4, 0.5) is 0 Å². The van der Waals surface area contributed by atoms with E-state index in [1.807, 2.05) is 50.2 Å². The van der Waals surface area contributed by atoms with Crippen molar-refractivity contribution in [2.45, 2.75) is 27.2 Å². The molecule has 0 saturated heterocycles. The van der Waals surface area contributed by atoms with Crippen LogP contribution >= 0.6 is 0 Å². The van der Waals surface area contributed by atoms with E-state index >= 15 is 0 Å². The molecule has 0 fully saturated rings. The lowest BCUT2D eigenvalue weighted by atomic mass is 10.1. The van der Waals surface area contributed by atoms with E-state index in [9.17, 15) is 4.79 Å². The molecule has 0 unspecified atom stereocenters. The van der Waals surface area contributed by atoms with Gasteiger partial charge in [-0.1, -0.05) is 48.9 Å². The first-order chi connectivity index (χ1) is 11.1. The summed E-state index contributed by atoms with van der Waals surface area (Å²) in [5, 5.41) is 4.11. The van der Waals surface area contributed by atoms with Gasteiger partial charge in [-0.05, 0) is 43.5 Å². The highest BCUT2D eigenvalue weighted by Gasteiger charge is 2.03. The molecular formula is C19H22N2O2. The van der Waals surface area contributed by atoms with Crippen LogP contribution < -0.4 is 10.2 Å². The highest BCUT2D eigenvalue weighted by molar-refractivity contribution is 5.99. The molecule has 0 bridgehead atoms. The minimum Gasteiger partial charge on any atom is -0.484 e. The molecule has 1 amide bonds. The van der Waals surface area contributed by atoms with E-state index in [-0.39, 0.29) is 12.5 Å². The topological polar surface area (TPSA) is 50.7 Å². The van der Waals surface area contributed by atoms with Gasteiger partial charge in [-0.25, -0.2) is 5.43 Å². The van der Waals surface area contributed by atoms with Crippen LogP contribution in [0.1, 0.15) is 30.5 Å². The molecule has 0 spiro atoms. The van der Waals surface area contributed by atoms with Gasteiger partial charge in [-0.15, -0.1) is 0 Å². The zero-order valence-electron chi connectivity index (χ0n) is 13.8. The fourth-order valence-corrected chi connectivity index (χ4v) is 2.01. The van der Waals surface area contributed by atoms with Crippen molar-refractivity contribution in [2.75, 3.05) is 6.61 Å². The van der Waals surface area contributed by atoms with Gasteiger partial charge in [0.15, 0.2) is 6.61 Å². The summed E-state index contributed by atoms with van der Waals surface area (Å²) in [6, 6.07) is 15.7. The van der Waals surface area contributed by atoms with Crippen LogP contribution in [-0.2, 0) is 11.2 Å². The van der Waals surface area contributed by atoms with E-state index in [0.717, 1.165) is 23.3 Å². The second-order valence-corrected chi connectivity index (χ2v) is 5.38. The lowest BCUT2D eigenvalue weighted by Gasteiger charge is -2.06. The predicted molar refractivity (Wildman–Crippen MR) is 92.8 cm³/mol. The first-order valence-electron chi connectivity index (χ1n) is 7.70. The monoisotopic (exact) mass is 310 g/mol. The second-order valence-electron chi connectivity index (χ2n) is 5.38. The zero-order valence-corrected chi connectivity index (χ0v) is 13.8. The van der Waals surface area contributed by atoms with Crippen LogP contribution in [0.15, 0.2) is 53.6 Å². The van der Waals surface area contributed by atoms with Crippen LogP contribution in [0.2, 0.25) is 0 Å². The maximum absolute atomic E-state index is 11.8. The molecule has 120 valence electrons. The van der Waals surface area contributed by atoms with Crippen molar-refractivity contribution in [2.24, 2.45) is 5.10 Å². The predicted octanol–water partition coefficient (Wildman–Crippen LogP) is 3.48. The Morgan fingerprint density at radius 2 is 1.74 bits per heavy atom. The zero-order chi connectivity index (χ0) is 16.7. The molecule has 0 aliphatic rings. The van der Waals surface area contributed by atoms with Crippen molar-refractivity contribution < 1.29 is 9.53 Å². The second kappa shape index (κ2) is 8.13. The van der Waals surface area contributed by atoms with Crippen LogP contribution in [0.25, 0.3) is 0 Å². The summed E-state index contributed by atoms with van der Waals surface area (Å²) < 4.78 is 5.41. The van der Waals surface area contributed by atoms with Crippen LogP contribution in [-0.4, -0.2) is 18.2 Å². The van der Waals surface area contributed by atoms with Gasteiger partial charge in [-0.2, -0.15) is 5.10 Å². The molecule has 4 nitrogen and oxygen atoms in total. The fraction of sp³-hybridized carbons (Fsp3) is 0.263. The van der Waals surface area contributed by atoms with Crippen molar-refractivity contribution in [3.8, 4) is 5.75 Å². The summed E-state index contributed by atoms with van der Waals surface area (Å²) in [4.78, 5) is 11.8. The van der Waals surface area contributed by atoms with E-state index in [4.69, 9.17) is 4.74 Å². The molecule has 2 rings (SSSR count). The van der Waals surface area contributed by atoms with Crippen molar-refractivity contribution in [3.63, 3.8) is 0 Å². The fourth-order valence-electron chi connectivity index (χ4n) is 2.01. The SMILES string of the molecule is CCc1ccc(/C(C)=N\NC(=O)COc2ccc(C)cc2)cc1. The Bertz CT molecular complexity index is 674. The number of hydrazone groups is 1. The Labute approximate surface area is 137 Å². The first kappa shape index (κ1) is 16.7. The summed E-state index contributed by atoms with van der Waals surface area (Å²) in [7, 11) is 0. The average Bonchev–Trinajstić information content (AvgIpc) is 2.59. The number of hydrogen-bond acceptors (Lipinski definition) is 3. The number of carbonyl (C=O) groups excluding carboxylic acids is 1. The molecule has 2 aromatic rings. The maximum Gasteiger partial charge on any atom is 0.277 e. The van der Waals surface area contributed by atoms with Crippen LogP contribution in [0.5, 0.6) is 5.75 Å². The third-order valence-corrected chi connectivity index (χ3v) is 3.52. The average molecular weight is 310 g/mol. The van der Waals surface area contributed by atoms with Gasteiger partial charge in [0, 0.05) is 0 Å². The van der Waals surface area contributed by atoms with Gasteiger partial charge in [0.25, 0.3) is 5.91 Å². The van der Waals surface area contributed by atoms with Gasteiger partial charge in [0.2, 0.25) is 0 Å². The minimum atomic E-state index is -0.282. The molecule has 0 saturated carbocycles. The Hall–Kier alpha value is -2.62. The Balaban J connectivity index is 1.85. The highest BCUT2D eigenvalue weighted by atomic mass is 16.5. The number of nitrogens with one attached hydrogen (secondary N) is 1. The molecule has 0 radical (unpaired) electrons. The summed E-state index contributed by atoms with van der Waals surface area (Å²) in [5.74, 6) is 0.386. The molecular weight excluding hydrogens is 288 g/mol. The van der Waals surface area contributed by atoms with Crippen LogP contribution in [0.3, 0.4) is 0 Å². The van der Waals surface area contributed by atoms with E-state index in [0.29, 0.717) is 5.75 Å². The van der Waals surface area contributed by atoms with Crippen LogP contribution in [0, 0.1) is 6.92 Å². The third-order valence-electron chi connectivity index (χ3n) is 3.52. The molecule has 0 aliphatic heterocycles. The van der Waals surface area contributed by atoms with Crippen molar-refractivity contribution in [3.05, 3.63) is 65.2 Å². The standard InChI is InChI=1S/C19H22N2O2/c1-4-16-7-9-17(10-8-16)15(3)20-21-19(22)13-23-18-11-5-14(2)6-12-18/h5-12H,4,13H2,1-3H3,(H,21,22)/b20-15-. The highest BCUT2D eigenvalue weighted by Crippen LogP contribution is 2.11. The molecule has 0 atom stereocenters. The first-order valence-corrected chi connectivity index (χ1v) is 7.70. The Morgan fingerprint density at radius 1 is 1.09 bits per heavy atom. The molecule has 1 N–H and O–H groups in total. The number of amides is 1. The normalized spacial score (nSPS) is 11.2. The number of nitrogens with zero attached hydrogens (tertiary/aromatic N) is 1. The molecule has 0 aromatic heterocycles. The summed E-state index contributed by atoms with van der Waals surface area (Å²) in [6.45, 7) is 5.92. The van der Waals surface area contributed by atoms with E-state index in [1.54, 1.807) is 0 Å². The third kappa shape index (κ3) is 5.25. The van der Waals surface area contributed by atoms with Gasteiger partial charge in [0.05, 0.1) is 5.71 Å². The largest absolute Gasteiger partial charge is 0.484 e. The number of aryl methyl sites for hydroxylation is 2. The lowest BCUT2D eigenvalue weighted by molar-refractivity contribution is -0.123. The number of hydrogen-bond donors (Lipinski definition) is 1. The van der Waals surface area contributed by atoms with Crippen molar-refractivity contribution in [1.82, 2.24) is 5.43 Å². The minimum absolute atomic E-state index is 0.0609. The van der Waals surface area contributed by atoms with E-state index in [1.165, 1.54) is 5.56 Å². The molecule has 23 heavy (non-hydrogen) atoms. The van der Waals surface area contributed by atoms with Crippen molar-refractivity contribution in [1.29, 1.82) is 0 Å². The smallest absolute Gasteiger partial charge is 0.277 e. The van der Waals surface area contributed by atoms with Gasteiger partial charge < -0.3 is 4.74 Å². The van der Waals surface area contributed by atoms with E-state index in [2.05, 4.69) is 29.6 Å². The van der Waals surface area contributed by atoms with Gasteiger partial charge in [0.1, 0.15) is 5.75 Å². The number of rotatable bonds is 6. The summed E-state index contributed by atoms with van der Waals surface area (Å²) in [6.07, 6.45) is 1.00. The lowest BCUT2D eigenvalue weighted by Crippen LogP contribution is -2.25. The Kier molecular flexibility index (Phi) is 5.92. The number of benzene rings is 2. The molecule has 0 heterocycles. The maximum atomic E-state index is 11.8. The van der Waals surface area contributed by atoms with Crippen molar-refractivity contribution >= 4 is 11.6 Å². The molecule has 0 aliphatic carbocycles. The molecule has 4 heteroatoms. The quantitative estimate of drug-likeness (QED) is 0.656. The summed E-state index contributed by atoms with van der Waals surface area (Å²) >= 11 is 0. The van der Waals surface area contributed by atoms with E-state index < -0.39 is 0 Å². The van der Waals surface area contributed by atoms with Gasteiger partial charge >= 0.3 is 0 Å². The Morgan fingerprint density at radius 3 is 2.35 bits per heavy atom. The molecule has 2 aromatic carbocycles. The number of ether oxygens (including phenoxy) is 1. The van der Waals surface area contributed by atoms with Gasteiger partial charge in [-0.3, -0.25) is 4.79 Å². The summed E-state index contributed by atoms with van der Waals surface area (Å²) in [5.41, 5.74) is 6.69. The number of carbonyl (C=O) groups is 1.